The second-order valence-electron chi connectivity index (χ2n) is 10.6. The van der Waals surface area contributed by atoms with Crippen LogP contribution in [0, 0.1) is 6.57 Å². The van der Waals surface area contributed by atoms with Crippen LogP contribution in [0.5, 0.6) is 0 Å². The molecule has 1 aliphatic rings. The molecule has 0 saturated carbocycles. The Morgan fingerprint density at radius 3 is 2.00 bits per heavy atom. The maximum Gasteiger partial charge on any atom is 0.163 e. The largest absolute Gasteiger partial charge is 0.243 e. The topological polar surface area (TPSA) is 4.36 Å². The van der Waals surface area contributed by atoms with Crippen LogP contribution >= 0.6 is 22.7 Å². The van der Waals surface area contributed by atoms with Gasteiger partial charge >= 0.3 is 0 Å². The fourth-order valence-corrected chi connectivity index (χ4v) is 14.5. The van der Waals surface area contributed by atoms with Crippen LogP contribution < -0.4 is 10.4 Å². The molecule has 3 heterocycles. The first-order chi connectivity index (χ1) is 15.3. The fraction of sp³-hybridized carbons (Fsp3) is 0.607. The summed E-state index contributed by atoms with van der Waals surface area (Å²) < 4.78 is 0. The first kappa shape index (κ1) is 25.5. The lowest BCUT2D eigenvalue weighted by Gasteiger charge is -2.29. The van der Waals surface area contributed by atoms with Gasteiger partial charge in [-0.05, 0) is 53.0 Å². The van der Waals surface area contributed by atoms with Gasteiger partial charge in [0.15, 0.2) is 5.70 Å². The number of nitrogens with zero attached hydrogens (tertiary/aromatic N) is 1. The summed E-state index contributed by atoms with van der Waals surface area (Å²) in [6.07, 6.45) is 12.9. The van der Waals surface area contributed by atoms with Gasteiger partial charge in [-0.1, -0.05) is 86.0 Å². The highest BCUT2D eigenvalue weighted by molar-refractivity contribution is 7.29. The highest BCUT2D eigenvalue weighted by atomic mass is 32.1. The normalized spacial score (nSPS) is 15.0. The summed E-state index contributed by atoms with van der Waals surface area (Å²) in [6.45, 7) is 21.0. The molecule has 0 bridgehead atoms. The van der Waals surface area contributed by atoms with Gasteiger partial charge in [-0.2, -0.15) is 0 Å². The first-order valence-corrected chi connectivity index (χ1v) is 16.7. The third-order valence-electron chi connectivity index (χ3n) is 6.90. The summed E-state index contributed by atoms with van der Waals surface area (Å²) in [5.74, 6) is 0. The van der Waals surface area contributed by atoms with Gasteiger partial charge in [-0.3, -0.25) is 0 Å². The minimum Gasteiger partial charge on any atom is -0.243 e. The van der Waals surface area contributed by atoms with E-state index in [0.717, 1.165) is 5.70 Å². The summed E-state index contributed by atoms with van der Waals surface area (Å²) in [7, 11) is -1.76. The maximum atomic E-state index is 7.38. The van der Waals surface area contributed by atoms with Gasteiger partial charge in [0.25, 0.3) is 0 Å². The highest BCUT2D eigenvalue weighted by Gasteiger charge is 2.47. The van der Waals surface area contributed by atoms with Gasteiger partial charge in [-0.25, -0.2) is 4.85 Å². The SMILES string of the molecule is [C-]#[N+]/C(C)=C\c1cc2c(s1)-c1sc(C(C)(C)C)cc1[Si]2(CCCCCC)CCCCCC. The Bertz CT molecular complexity index is 968. The van der Waals surface area contributed by atoms with Crippen LogP contribution in [0.3, 0.4) is 0 Å². The zero-order valence-corrected chi connectivity index (χ0v) is 23.7. The van der Waals surface area contributed by atoms with Crippen LogP contribution in [0.15, 0.2) is 17.8 Å². The molecule has 3 rings (SSSR count). The van der Waals surface area contributed by atoms with Crippen molar-refractivity contribution in [3.8, 4) is 9.75 Å². The second kappa shape index (κ2) is 10.8. The van der Waals surface area contributed by atoms with Crippen LogP contribution in [0.4, 0.5) is 0 Å². The van der Waals surface area contributed by atoms with E-state index >= 15 is 0 Å². The van der Waals surface area contributed by atoms with Gasteiger partial charge < -0.3 is 0 Å². The average molecular weight is 484 g/mol. The molecule has 0 spiro atoms. The van der Waals surface area contributed by atoms with Gasteiger partial charge in [0, 0.05) is 19.5 Å². The molecule has 0 amide bonds. The Morgan fingerprint density at radius 1 is 0.906 bits per heavy atom. The molecule has 0 fully saturated rings. The number of thiophene rings is 2. The lowest BCUT2D eigenvalue weighted by Crippen LogP contribution is -2.54. The summed E-state index contributed by atoms with van der Waals surface area (Å²) in [4.78, 5) is 9.64. The molecule has 0 saturated heterocycles. The zero-order valence-electron chi connectivity index (χ0n) is 21.1. The maximum absolute atomic E-state index is 7.38. The average Bonchev–Trinajstić information content (AvgIpc) is 3.41. The highest BCUT2D eigenvalue weighted by Crippen LogP contribution is 2.45. The molecule has 0 N–H and O–H groups in total. The molecule has 174 valence electrons. The molecule has 32 heavy (non-hydrogen) atoms. The van der Waals surface area contributed by atoms with Crippen LogP contribution in [0.1, 0.15) is 103 Å². The first-order valence-electron chi connectivity index (χ1n) is 12.6. The molecular formula is C28H41NS2Si. The molecule has 0 unspecified atom stereocenters. The Labute approximate surface area is 205 Å². The summed E-state index contributed by atoms with van der Waals surface area (Å²) >= 11 is 4.01. The molecule has 0 aliphatic carbocycles. The van der Waals surface area contributed by atoms with Crippen molar-refractivity contribution in [2.24, 2.45) is 0 Å². The Hall–Kier alpha value is -1.15. The van der Waals surface area contributed by atoms with Crippen molar-refractivity contribution >= 4 is 47.2 Å². The van der Waals surface area contributed by atoms with Crippen LogP contribution in [-0.4, -0.2) is 8.07 Å². The molecule has 0 radical (unpaired) electrons. The molecule has 1 nitrogen and oxygen atoms in total. The summed E-state index contributed by atoms with van der Waals surface area (Å²) in [5.41, 5.74) is 1.00. The van der Waals surface area contributed by atoms with E-state index in [9.17, 15) is 0 Å². The number of unbranched alkanes of at least 4 members (excludes halogenated alkanes) is 6. The smallest absolute Gasteiger partial charge is 0.163 e. The lowest BCUT2D eigenvalue weighted by atomic mass is 9.95. The van der Waals surface area contributed by atoms with E-state index in [0.29, 0.717) is 0 Å². The third-order valence-corrected chi connectivity index (χ3v) is 15.3. The Kier molecular flexibility index (Phi) is 8.63. The van der Waals surface area contributed by atoms with Crippen molar-refractivity contribution in [2.45, 2.75) is 110 Å². The van der Waals surface area contributed by atoms with Gasteiger partial charge in [-0.15, -0.1) is 22.7 Å². The molecule has 1 aliphatic heterocycles. The monoisotopic (exact) mass is 483 g/mol. The lowest BCUT2D eigenvalue weighted by molar-refractivity contribution is 0.604. The van der Waals surface area contributed by atoms with E-state index in [1.807, 2.05) is 18.3 Å². The molecule has 0 atom stereocenters. The number of rotatable bonds is 11. The third kappa shape index (κ3) is 5.32. The quantitative estimate of drug-likeness (QED) is 0.170. The number of hydrogen-bond acceptors (Lipinski definition) is 2. The number of hydrogen-bond donors (Lipinski definition) is 0. The van der Waals surface area contributed by atoms with Gasteiger partial charge in [0.05, 0.1) is 6.57 Å². The van der Waals surface area contributed by atoms with Crippen LogP contribution in [-0.2, 0) is 5.41 Å². The van der Waals surface area contributed by atoms with E-state index < -0.39 is 8.07 Å². The predicted molar refractivity (Wildman–Crippen MR) is 150 cm³/mol. The standard InChI is InChI=1S/C28H41NS2Si/c1-8-10-12-14-16-32(17-15-13-11-9-2)23-19-22(18-21(3)29-7)30-26(23)27-24(32)20-25(31-27)28(4,5)6/h18-20H,8-17H2,1-6H3/b21-18-. The van der Waals surface area contributed by atoms with Crippen molar-refractivity contribution < 1.29 is 0 Å². The van der Waals surface area contributed by atoms with E-state index in [1.165, 1.54) is 68.3 Å². The number of fused-ring (bicyclic) bond motifs is 3. The minimum absolute atomic E-state index is 0.209. The van der Waals surface area contributed by atoms with E-state index in [1.54, 1.807) is 25.0 Å². The Morgan fingerprint density at radius 2 is 1.47 bits per heavy atom. The molecule has 4 heteroatoms. The van der Waals surface area contributed by atoms with E-state index in [2.05, 4.69) is 69.0 Å². The zero-order chi connectivity index (χ0) is 23.4. The van der Waals surface area contributed by atoms with Crippen molar-refractivity contribution in [2.75, 3.05) is 0 Å². The van der Waals surface area contributed by atoms with E-state index in [4.69, 9.17) is 6.57 Å². The van der Waals surface area contributed by atoms with Crippen LogP contribution in [0.2, 0.25) is 12.1 Å². The van der Waals surface area contributed by atoms with Crippen molar-refractivity contribution in [1.82, 2.24) is 0 Å². The fourth-order valence-electron chi connectivity index (χ4n) is 5.04. The summed E-state index contributed by atoms with van der Waals surface area (Å²) in [5, 5.41) is 3.47. The summed E-state index contributed by atoms with van der Waals surface area (Å²) in [6, 6.07) is 7.95. The minimum atomic E-state index is -1.76. The molecule has 0 aromatic carbocycles. The Balaban J connectivity index is 2.10. The van der Waals surface area contributed by atoms with E-state index in [-0.39, 0.29) is 5.41 Å². The molecule has 2 aromatic rings. The van der Waals surface area contributed by atoms with Crippen molar-refractivity contribution in [3.63, 3.8) is 0 Å². The predicted octanol–water partition coefficient (Wildman–Crippen LogP) is 9.09. The number of allylic oxidation sites excluding steroid dienone is 1. The van der Waals surface area contributed by atoms with Crippen LogP contribution in [0.25, 0.3) is 20.7 Å². The second-order valence-corrected chi connectivity index (χ2v) is 17.0. The van der Waals surface area contributed by atoms with Gasteiger partial charge in [0.2, 0.25) is 0 Å². The van der Waals surface area contributed by atoms with Gasteiger partial charge in [0.1, 0.15) is 8.07 Å². The molecule has 2 aromatic heterocycles. The molecular weight excluding hydrogens is 443 g/mol. The van der Waals surface area contributed by atoms with Crippen molar-refractivity contribution in [3.05, 3.63) is 39.0 Å². The van der Waals surface area contributed by atoms with Crippen molar-refractivity contribution in [1.29, 1.82) is 0 Å².